The lowest BCUT2D eigenvalue weighted by molar-refractivity contribution is -0.153. The van der Waals surface area contributed by atoms with Crippen LogP contribution in [0.1, 0.15) is 38.5 Å². The summed E-state index contributed by atoms with van der Waals surface area (Å²) in [6, 6.07) is -0.684. The highest BCUT2D eigenvalue weighted by molar-refractivity contribution is 6.17. The van der Waals surface area contributed by atoms with Gasteiger partial charge in [0, 0.05) is 12.3 Å². The highest BCUT2D eigenvalue weighted by atomic mass is 35.5. The molecule has 116 valence electrons. The molecule has 1 unspecified atom stereocenters. The van der Waals surface area contributed by atoms with Gasteiger partial charge >= 0.3 is 18.4 Å². The Labute approximate surface area is 124 Å². The largest absolute Gasteiger partial charge is 0.466 e. The van der Waals surface area contributed by atoms with Crippen molar-refractivity contribution in [2.24, 2.45) is 0 Å². The van der Waals surface area contributed by atoms with E-state index in [9.17, 15) is 14.4 Å². The first-order valence-electron chi connectivity index (χ1n) is 6.68. The van der Waals surface area contributed by atoms with Crippen molar-refractivity contribution in [1.82, 2.24) is 5.32 Å². The normalized spacial score (nSPS) is 11.7. The van der Waals surface area contributed by atoms with Gasteiger partial charge < -0.3 is 14.8 Å². The Hall–Kier alpha value is -1.14. The third-order valence-corrected chi connectivity index (χ3v) is 2.99. The summed E-state index contributed by atoms with van der Waals surface area (Å²) in [7, 11) is 1.55. The van der Waals surface area contributed by atoms with E-state index in [1.807, 2.05) is 0 Å². The molecule has 0 heterocycles. The SMILES string of the molecule is CNC(CCC(=O)OCCCCCCCl)C(=O)OC=O. The molecule has 0 bridgehead atoms. The van der Waals surface area contributed by atoms with Crippen molar-refractivity contribution in [2.45, 2.75) is 44.6 Å². The first-order valence-corrected chi connectivity index (χ1v) is 7.22. The van der Waals surface area contributed by atoms with Crippen LogP contribution in [0.2, 0.25) is 0 Å². The van der Waals surface area contributed by atoms with Crippen molar-refractivity contribution in [3.63, 3.8) is 0 Å². The number of halogens is 1. The van der Waals surface area contributed by atoms with Crippen molar-refractivity contribution in [3.05, 3.63) is 0 Å². The summed E-state index contributed by atoms with van der Waals surface area (Å²) in [5.74, 6) is -0.403. The highest BCUT2D eigenvalue weighted by Gasteiger charge is 2.19. The topological polar surface area (TPSA) is 81.7 Å². The van der Waals surface area contributed by atoms with Gasteiger partial charge in [-0.25, -0.2) is 4.79 Å². The maximum atomic E-state index is 11.4. The van der Waals surface area contributed by atoms with Gasteiger partial charge in [0.25, 0.3) is 0 Å². The number of ether oxygens (including phenoxy) is 2. The average molecular weight is 308 g/mol. The molecule has 0 aliphatic heterocycles. The maximum absolute atomic E-state index is 11.4. The number of hydrogen-bond acceptors (Lipinski definition) is 6. The molecule has 0 aromatic heterocycles. The number of carbonyl (C=O) groups excluding carboxylic acids is 3. The van der Waals surface area contributed by atoms with Gasteiger partial charge in [-0.1, -0.05) is 12.8 Å². The lowest BCUT2D eigenvalue weighted by atomic mass is 10.1. The van der Waals surface area contributed by atoms with E-state index in [1.54, 1.807) is 7.05 Å². The maximum Gasteiger partial charge on any atom is 0.330 e. The summed E-state index contributed by atoms with van der Waals surface area (Å²) in [6.07, 6.45) is 4.12. The summed E-state index contributed by atoms with van der Waals surface area (Å²) in [4.78, 5) is 32.8. The molecule has 0 aromatic rings. The summed E-state index contributed by atoms with van der Waals surface area (Å²) in [6.45, 7) is 0.454. The minimum Gasteiger partial charge on any atom is -0.466 e. The van der Waals surface area contributed by atoms with Gasteiger partial charge in [-0.05, 0) is 26.3 Å². The predicted octanol–water partition coefficient (Wildman–Crippen LogP) is 1.40. The van der Waals surface area contributed by atoms with Crippen molar-refractivity contribution in [2.75, 3.05) is 19.5 Å². The molecule has 0 aliphatic carbocycles. The molecule has 0 radical (unpaired) electrons. The molecule has 0 amide bonds. The number of unbranched alkanes of at least 4 members (excludes halogenated alkanes) is 3. The molecule has 0 aliphatic rings. The average Bonchev–Trinajstić information content (AvgIpc) is 2.43. The summed E-state index contributed by atoms with van der Waals surface area (Å²) in [5.41, 5.74) is 0. The Kier molecular flexibility index (Phi) is 12.1. The van der Waals surface area contributed by atoms with E-state index in [-0.39, 0.29) is 25.3 Å². The molecule has 0 fully saturated rings. The minimum atomic E-state index is -0.698. The van der Waals surface area contributed by atoms with Crippen LogP contribution in [0.5, 0.6) is 0 Å². The van der Waals surface area contributed by atoms with Gasteiger partial charge in [0.15, 0.2) is 0 Å². The Morgan fingerprint density at radius 1 is 1.25 bits per heavy atom. The number of alkyl halides is 1. The number of rotatable bonds is 12. The molecular formula is C13H22ClNO5. The second kappa shape index (κ2) is 12.9. The van der Waals surface area contributed by atoms with Crippen molar-refractivity contribution in [3.8, 4) is 0 Å². The molecule has 20 heavy (non-hydrogen) atoms. The smallest absolute Gasteiger partial charge is 0.330 e. The van der Waals surface area contributed by atoms with Crippen LogP contribution >= 0.6 is 11.6 Å². The third kappa shape index (κ3) is 9.75. The van der Waals surface area contributed by atoms with Gasteiger partial charge in [-0.15, -0.1) is 11.6 Å². The highest BCUT2D eigenvalue weighted by Crippen LogP contribution is 2.04. The van der Waals surface area contributed by atoms with Gasteiger partial charge in [-0.2, -0.15) is 0 Å². The summed E-state index contributed by atoms with van der Waals surface area (Å²) < 4.78 is 9.25. The van der Waals surface area contributed by atoms with E-state index in [1.165, 1.54) is 0 Å². The number of hydrogen-bond donors (Lipinski definition) is 1. The van der Waals surface area contributed by atoms with Crippen molar-refractivity contribution >= 4 is 30.0 Å². The van der Waals surface area contributed by atoms with Crippen LogP contribution in [0.4, 0.5) is 0 Å². The molecule has 0 saturated heterocycles. The van der Waals surface area contributed by atoms with E-state index >= 15 is 0 Å². The van der Waals surface area contributed by atoms with Gasteiger partial charge in [0.1, 0.15) is 6.04 Å². The lowest BCUT2D eigenvalue weighted by Crippen LogP contribution is -2.35. The molecule has 1 atom stereocenters. The monoisotopic (exact) mass is 307 g/mol. The number of carbonyl (C=O) groups is 3. The van der Waals surface area contributed by atoms with Crippen LogP contribution < -0.4 is 5.32 Å². The zero-order chi connectivity index (χ0) is 15.2. The number of esters is 2. The first kappa shape index (κ1) is 18.9. The quantitative estimate of drug-likeness (QED) is 0.193. The van der Waals surface area contributed by atoms with Gasteiger partial charge in [0.05, 0.1) is 6.61 Å². The standard InChI is InChI=1S/C13H22ClNO5/c1-15-11(13(18)20-10-16)6-7-12(17)19-9-5-3-2-4-8-14/h10-11,15H,2-9H2,1H3. The third-order valence-electron chi connectivity index (χ3n) is 2.73. The Morgan fingerprint density at radius 3 is 2.55 bits per heavy atom. The molecule has 6 nitrogen and oxygen atoms in total. The van der Waals surface area contributed by atoms with Gasteiger partial charge in [0.2, 0.25) is 0 Å². The molecule has 1 N–H and O–H groups in total. The second-order valence-corrected chi connectivity index (χ2v) is 4.61. The summed E-state index contributed by atoms with van der Waals surface area (Å²) in [5, 5.41) is 2.68. The van der Waals surface area contributed by atoms with Crippen LogP contribution in [0, 0.1) is 0 Å². The Morgan fingerprint density at radius 2 is 1.95 bits per heavy atom. The van der Waals surface area contributed by atoms with E-state index in [2.05, 4.69) is 10.1 Å². The number of likely N-dealkylation sites (N-methyl/N-ethyl adjacent to an activating group) is 1. The van der Waals surface area contributed by atoms with Crippen LogP contribution in [0.3, 0.4) is 0 Å². The second-order valence-electron chi connectivity index (χ2n) is 4.24. The van der Waals surface area contributed by atoms with E-state index < -0.39 is 12.0 Å². The molecule has 0 saturated carbocycles. The van der Waals surface area contributed by atoms with Crippen LogP contribution in [-0.2, 0) is 23.9 Å². The zero-order valence-electron chi connectivity index (χ0n) is 11.7. The Balaban J connectivity index is 3.69. The van der Waals surface area contributed by atoms with Crippen molar-refractivity contribution < 1.29 is 23.9 Å². The van der Waals surface area contributed by atoms with E-state index in [4.69, 9.17) is 16.3 Å². The summed E-state index contributed by atoms with van der Waals surface area (Å²) >= 11 is 5.55. The van der Waals surface area contributed by atoms with Crippen LogP contribution in [0.25, 0.3) is 0 Å². The fourth-order valence-corrected chi connectivity index (χ4v) is 1.77. The van der Waals surface area contributed by atoms with Crippen LogP contribution in [0.15, 0.2) is 0 Å². The fourth-order valence-electron chi connectivity index (χ4n) is 1.58. The van der Waals surface area contributed by atoms with Crippen molar-refractivity contribution in [1.29, 1.82) is 0 Å². The molecule has 7 heteroatoms. The van der Waals surface area contributed by atoms with E-state index in [0.717, 1.165) is 25.7 Å². The molecular weight excluding hydrogens is 286 g/mol. The first-order chi connectivity index (χ1) is 9.65. The molecule has 0 rings (SSSR count). The van der Waals surface area contributed by atoms with Gasteiger partial charge in [-0.3, -0.25) is 9.59 Å². The predicted molar refractivity (Wildman–Crippen MR) is 74.4 cm³/mol. The molecule has 0 aromatic carbocycles. The Bertz CT molecular complexity index is 298. The lowest BCUT2D eigenvalue weighted by Gasteiger charge is -2.12. The minimum absolute atomic E-state index is 0.0752. The van der Waals surface area contributed by atoms with E-state index in [0.29, 0.717) is 12.5 Å². The van der Waals surface area contributed by atoms with Crippen LogP contribution in [-0.4, -0.2) is 44.0 Å². The fraction of sp³-hybridized carbons (Fsp3) is 0.769. The number of nitrogens with one attached hydrogen (secondary N) is 1. The zero-order valence-corrected chi connectivity index (χ0v) is 12.5. The molecule has 0 spiro atoms.